The second-order valence-electron chi connectivity index (χ2n) is 30.7. The molecule has 4 fully saturated rings. The van der Waals surface area contributed by atoms with Crippen LogP contribution in [0.25, 0.3) is 44.3 Å². The van der Waals surface area contributed by atoms with Crippen molar-refractivity contribution < 1.29 is 59.3 Å². The van der Waals surface area contributed by atoms with Crippen molar-refractivity contribution in [3.63, 3.8) is 0 Å². The number of aromatic carboxylic acids is 1. The second-order valence-corrected chi connectivity index (χ2v) is 34.2. The number of aryl methyl sites for hydroxylation is 4. The number of hydrogen-bond acceptors (Lipinski definition) is 20. The maximum Gasteiger partial charge on any atom is 0.410 e. The molecular weight excluding hydrogens is 1550 g/mol. The Morgan fingerprint density at radius 3 is 1.49 bits per heavy atom. The maximum atomic E-state index is 15.1. The highest BCUT2D eigenvalue weighted by Crippen LogP contribution is 2.35. The summed E-state index contributed by atoms with van der Waals surface area (Å²) in [5.41, 5.74) is 18.6. The topological polar surface area (TPSA) is 337 Å². The first-order valence-corrected chi connectivity index (χ1v) is 43.5. The van der Waals surface area contributed by atoms with Gasteiger partial charge in [-0.05, 0) is 179 Å². The highest BCUT2D eigenvalue weighted by molar-refractivity contribution is 7.89. The molecule has 14 rings (SSSR count). The third-order valence-corrected chi connectivity index (χ3v) is 24.1. The first kappa shape index (κ1) is 87.1. The summed E-state index contributed by atoms with van der Waals surface area (Å²) in [5.74, 6) is -2.46. The Hall–Kier alpha value is -10.2. The zero-order valence-electron chi connectivity index (χ0n) is 68.1. The summed E-state index contributed by atoms with van der Waals surface area (Å²) < 4.78 is 108. The summed E-state index contributed by atoms with van der Waals surface area (Å²) in [5, 5.41) is 33.9. The van der Waals surface area contributed by atoms with E-state index in [0.29, 0.717) is 99.3 Å². The van der Waals surface area contributed by atoms with Gasteiger partial charge in [-0.1, -0.05) is 74.5 Å². The average Bonchev–Trinajstić information content (AvgIpc) is 1.58. The van der Waals surface area contributed by atoms with Crippen molar-refractivity contribution in [3.05, 3.63) is 213 Å². The lowest BCUT2D eigenvalue weighted by Gasteiger charge is -2.35. The van der Waals surface area contributed by atoms with Crippen molar-refractivity contribution in [2.45, 2.75) is 167 Å². The molecule has 4 aliphatic heterocycles. The van der Waals surface area contributed by atoms with E-state index >= 15 is 4.39 Å². The van der Waals surface area contributed by atoms with Crippen LogP contribution in [-0.2, 0) is 99.5 Å². The number of nitrogens with one attached hydrogen (secondary N) is 6. The highest BCUT2D eigenvalue weighted by atomic mass is 32.2. The largest absolute Gasteiger partial charge is 0.478 e. The Bertz CT molecular complexity index is 5410. The number of anilines is 2. The molecule has 0 atom stereocenters. The maximum absolute atomic E-state index is 15.1. The fraction of sp³-hybridized carbons (Fsp3) is 0.414. The minimum Gasteiger partial charge on any atom is -0.478 e. The Kier molecular flexibility index (Phi) is 29.6. The predicted octanol–water partition coefficient (Wildman–Crippen LogP) is 12.0. The van der Waals surface area contributed by atoms with E-state index in [1.54, 1.807) is 41.3 Å². The highest BCUT2D eigenvalue weighted by Gasteiger charge is 2.29. The Labute approximate surface area is 688 Å². The summed E-state index contributed by atoms with van der Waals surface area (Å²) in [6.45, 7) is 26.5. The number of nitrogens with two attached hydrogens (primary N) is 1. The number of hydrogen-bond donors (Lipinski definition) is 8. The van der Waals surface area contributed by atoms with E-state index in [0.717, 1.165) is 163 Å². The van der Waals surface area contributed by atoms with Gasteiger partial charge >= 0.3 is 12.1 Å². The number of pyridine rings is 2. The minimum absolute atomic E-state index is 0.0470. The van der Waals surface area contributed by atoms with Crippen molar-refractivity contribution in [1.82, 2.24) is 64.3 Å². The summed E-state index contributed by atoms with van der Waals surface area (Å²) in [6.07, 6.45) is 8.71. The number of carboxylic acids is 1. The SMILES string of the molecule is CC(C)(C)OC(=O)N1CCN(Cc2cccc(-c3cc(CNS(=O)(=O)c4cccc(C(=O)O)c4)ccc3F)c2)CC1.CCc1nc2c(cnn2CC)c(NC2CCOCC2)c1CN.CCc1nc2c(cnn2CC)c(NC2CCOCC2)c1CNC(=O)c1cccc(S(=O)(=O)NCc2ccc(F)c(-c3cccc(CN4CCNCC4)c3)c2)c1. The number of amides is 2. The van der Waals surface area contributed by atoms with Crippen molar-refractivity contribution in [1.29, 1.82) is 0 Å². The fourth-order valence-corrected chi connectivity index (χ4v) is 17.0. The van der Waals surface area contributed by atoms with Crippen LogP contribution in [0.3, 0.4) is 0 Å². The van der Waals surface area contributed by atoms with Gasteiger partial charge in [0.05, 0.1) is 49.9 Å². The van der Waals surface area contributed by atoms with Gasteiger partial charge in [0, 0.05) is 182 Å². The van der Waals surface area contributed by atoms with Crippen molar-refractivity contribution in [2.24, 2.45) is 5.73 Å². The number of halogens is 2. The summed E-state index contributed by atoms with van der Waals surface area (Å²) in [7, 11) is -8.01. The van der Waals surface area contributed by atoms with Gasteiger partial charge in [0.1, 0.15) is 17.2 Å². The van der Waals surface area contributed by atoms with Crippen molar-refractivity contribution in [3.8, 4) is 22.3 Å². The van der Waals surface area contributed by atoms with Crippen molar-refractivity contribution in [2.75, 3.05) is 89.4 Å². The number of benzene rings is 6. The fourth-order valence-electron chi connectivity index (χ4n) is 14.9. The average molecular weight is 1660 g/mol. The predicted molar refractivity (Wildman–Crippen MR) is 452 cm³/mol. The molecule has 4 aliphatic rings. The molecule has 4 aromatic heterocycles. The number of carbonyl (C=O) groups is 3. The summed E-state index contributed by atoms with van der Waals surface area (Å²) in [6, 6.07) is 36.0. The molecule has 0 aliphatic carbocycles. The molecule has 6 aromatic carbocycles. The summed E-state index contributed by atoms with van der Waals surface area (Å²) in [4.78, 5) is 53.0. The van der Waals surface area contributed by atoms with Gasteiger partial charge < -0.3 is 51.2 Å². The lowest BCUT2D eigenvalue weighted by atomic mass is 10.00. The lowest BCUT2D eigenvalue weighted by Crippen LogP contribution is -2.49. The molecule has 8 heterocycles. The van der Waals surface area contributed by atoms with Gasteiger partial charge in [-0.25, -0.2) is 64.0 Å². The zero-order chi connectivity index (χ0) is 83.7. The number of aromatic nitrogens is 6. The van der Waals surface area contributed by atoms with Crippen LogP contribution in [-0.4, -0.2) is 181 Å². The molecule has 0 unspecified atom stereocenters. The number of piperazine rings is 2. The van der Waals surface area contributed by atoms with Crippen LogP contribution in [0.4, 0.5) is 25.0 Å². The smallest absolute Gasteiger partial charge is 0.410 e. The van der Waals surface area contributed by atoms with Gasteiger partial charge in [0.15, 0.2) is 11.3 Å². The normalized spacial score (nSPS) is 15.4. The van der Waals surface area contributed by atoms with Crippen molar-refractivity contribution >= 4 is 71.5 Å². The first-order chi connectivity index (χ1) is 56.8. The van der Waals surface area contributed by atoms with Crippen LogP contribution in [0.2, 0.25) is 0 Å². The van der Waals surface area contributed by atoms with Gasteiger partial charge in [-0.2, -0.15) is 10.2 Å². The quantitative estimate of drug-likeness (QED) is 0.0237. The standard InChI is InChI=1S/C41H49FN8O4S.C30H34FN3O6S.C16H25N5O/c1-3-38-35(39(47-32-13-19-54-20-14-32)36-26-45-50(4-2)40(36)48-38)25-44-41(51)31-9-6-10-33(23-31)55(52,53)46-24-28-11-12-37(42)34(22-28)30-8-5-7-29(21-30)27-49-17-15-43-16-18-49;1-30(2,3)40-29(37)34-14-12-33(13-15-34)20-22-6-4-7-23(16-22)26-17-21(10-11-27(26)31)19-32-41(38,39)25-9-5-8-24(18-25)28(35)36;1-3-14-12(9-17)15(19-11-5-7-22-8-6-11)13-10-18-21(4-2)16(13)20-14/h5-12,21-23,26,32,43,46H,3-4,13-20,24-25,27H2,1-2H3,(H,44,51)(H,47,48);4-11,16-18,32H,12-15,19-20H2,1-3H3,(H,35,36);10-11H,3-9,17H2,1-2H3,(H,19,20). The van der Waals surface area contributed by atoms with Crippen LogP contribution in [0.5, 0.6) is 0 Å². The first-order valence-electron chi connectivity index (χ1n) is 40.5. The van der Waals surface area contributed by atoms with Crippen LogP contribution < -0.4 is 36.4 Å². The molecule has 27 nitrogen and oxygen atoms in total. The van der Waals surface area contributed by atoms with Gasteiger partial charge in [-0.15, -0.1) is 0 Å². The third kappa shape index (κ3) is 22.4. The van der Waals surface area contributed by atoms with Crippen LogP contribution in [0.15, 0.2) is 156 Å². The molecule has 0 saturated carbocycles. The van der Waals surface area contributed by atoms with Gasteiger partial charge in [-0.3, -0.25) is 14.6 Å². The molecular formula is C87H108F2N16O11S2. The molecule has 0 spiro atoms. The number of carbonyl (C=O) groups excluding carboxylic acids is 2. The van der Waals surface area contributed by atoms with Crippen LogP contribution >= 0.6 is 0 Å². The van der Waals surface area contributed by atoms with E-state index in [-0.39, 0.29) is 58.5 Å². The third-order valence-electron chi connectivity index (χ3n) is 21.3. The van der Waals surface area contributed by atoms with Crippen LogP contribution in [0, 0.1) is 11.6 Å². The molecule has 0 bridgehead atoms. The number of nitrogens with zero attached hydrogens (tertiary/aromatic N) is 9. The van der Waals surface area contributed by atoms with Crippen LogP contribution in [0.1, 0.15) is 140 Å². The molecule has 0 radical (unpaired) electrons. The zero-order valence-corrected chi connectivity index (χ0v) is 69.7. The number of carboxylic acid groups (broad SMARTS) is 1. The molecule has 118 heavy (non-hydrogen) atoms. The Morgan fingerprint density at radius 1 is 0.568 bits per heavy atom. The number of ether oxygens (including phenoxy) is 3. The number of rotatable bonds is 27. The molecule has 2 amide bonds. The van der Waals surface area contributed by atoms with E-state index in [1.807, 2.05) is 98.8 Å². The van der Waals surface area contributed by atoms with E-state index < -0.39 is 43.3 Å². The van der Waals surface area contributed by atoms with E-state index in [1.165, 1.54) is 48.5 Å². The molecule has 31 heteroatoms. The summed E-state index contributed by atoms with van der Waals surface area (Å²) >= 11 is 0. The van der Waals surface area contributed by atoms with E-state index in [2.05, 4.69) is 64.6 Å². The monoisotopic (exact) mass is 1650 g/mol. The molecule has 628 valence electrons. The lowest BCUT2D eigenvalue weighted by molar-refractivity contribution is 0.0138. The molecule has 10 aromatic rings. The van der Waals surface area contributed by atoms with Gasteiger partial charge in [0.2, 0.25) is 20.0 Å². The van der Waals surface area contributed by atoms with Gasteiger partial charge in [0.25, 0.3) is 5.91 Å². The van der Waals surface area contributed by atoms with E-state index in [9.17, 15) is 35.6 Å². The second kappa shape index (κ2) is 40.0. The van der Waals surface area contributed by atoms with E-state index in [4.69, 9.17) is 35.0 Å². The number of fused-ring (bicyclic) bond motifs is 2. The molecule has 4 saturated heterocycles. The molecule has 9 N–H and O–H groups in total. The Morgan fingerprint density at radius 2 is 1.03 bits per heavy atom. The number of sulfonamides is 2. The minimum atomic E-state index is -4.02. The Balaban J connectivity index is 0.000000178.